The van der Waals surface area contributed by atoms with Gasteiger partial charge in [0.15, 0.2) is 0 Å². The second-order valence-corrected chi connectivity index (χ2v) is 8.21. The fraction of sp³-hybridized carbons (Fsp3) is 0.588. The van der Waals surface area contributed by atoms with Crippen LogP contribution in [0.15, 0.2) is 18.2 Å². The number of benzene rings is 1. The van der Waals surface area contributed by atoms with Crippen molar-refractivity contribution in [1.29, 1.82) is 0 Å². The van der Waals surface area contributed by atoms with Gasteiger partial charge in [0.1, 0.15) is 0 Å². The molecular formula is C17H23Cl3N2OS. The number of thioether (sulfide) groups is 1. The number of carbonyl (C=O) groups excluding carboxylic acids is 1. The first-order valence-electron chi connectivity index (χ1n) is 8.17. The van der Waals surface area contributed by atoms with E-state index < -0.39 is 0 Å². The van der Waals surface area contributed by atoms with Gasteiger partial charge < -0.3 is 9.80 Å². The number of carbonyl (C=O) groups is 1. The minimum absolute atomic E-state index is 0. The Balaban J connectivity index is 0.00000208. The average Bonchev–Trinajstić information content (AvgIpc) is 3.04. The Kier molecular flexibility index (Phi) is 8.02. The molecule has 2 saturated heterocycles. The molecule has 2 aliphatic heterocycles. The summed E-state index contributed by atoms with van der Waals surface area (Å²) in [6, 6.07) is 5.79. The van der Waals surface area contributed by atoms with E-state index in [9.17, 15) is 4.79 Å². The van der Waals surface area contributed by atoms with E-state index in [-0.39, 0.29) is 18.3 Å². The lowest BCUT2D eigenvalue weighted by Gasteiger charge is -2.37. The average molecular weight is 410 g/mol. The number of rotatable bonds is 4. The molecule has 1 atom stereocenters. The maximum absolute atomic E-state index is 12.8. The molecule has 2 aliphatic rings. The molecule has 24 heavy (non-hydrogen) atoms. The molecule has 2 heterocycles. The zero-order valence-corrected chi connectivity index (χ0v) is 16.7. The number of amides is 1. The van der Waals surface area contributed by atoms with E-state index in [1.54, 1.807) is 12.1 Å². The zero-order chi connectivity index (χ0) is 16.2. The molecule has 1 aromatic carbocycles. The molecule has 3 rings (SSSR count). The van der Waals surface area contributed by atoms with Crippen molar-refractivity contribution in [2.24, 2.45) is 0 Å². The third kappa shape index (κ3) is 5.18. The Labute approximate surface area is 164 Å². The molecule has 0 aromatic heterocycles. The molecule has 2 fully saturated rings. The van der Waals surface area contributed by atoms with Gasteiger partial charge in [0, 0.05) is 24.6 Å². The molecule has 0 aliphatic carbocycles. The van der Waals surface area contributed by atoms with Crippen molar-refractivity contribution in [3.8, 4) is 0 Å². The van der Waals surface area contributed by atoms with Crippen LogP contribution in [-0.2, 0) is 11.2 Å². The molecule has 1 unspecified atom stereocenters. The van der Waals surface area contributed by atoms with Gasteiger partial charge in [-0.1, -0.05) is 29.3 Å². The van der Waals surface area contributed by atoms with Gasteiger partial charge in [0.05, 0.1) is 22.5 Å². The molecule has 3 nitrogen and oxygen atoms in total. The smallest absolute Gasteiger partial charge is 0.227 e. The standard InChI is InChI=1S/C17H22Cl2N2OS.ClH/c18-15-4-3-13(9-16(15)19)10-17(22)21-7-8-23-12-14(21)11-20-5-1-2-6-20;/h3-4,9,14H,1-2,5-8,10-12H2;1H. The van der Waals surface area contributed by atoms with E-state index in [2.05, 4.69) is 9.80 Å². The Morgan fingerprint density at radius 1 is 1.17 bits per heavy atom. The van der Waals surface area contributed by atoms with E-state index >= 15 is 0 Å². The summed E-state index contributed by atoms with van der Waals surface area (Å²) < 4.78 is 0. The second kappa shape index (κ2) is 9.54. The Morgan fingerprint density at radius 2 is 1.92 bits per heavy atom. The summed E-state index contributed by atoms with van der Waals surface area (Å²) in [6.45, 7) is 4.22. The first kappa shape index (κ1) is 20.2. The van der Waals surface area contributed by atoms with Crippen molar-refractivity contribution in [1.82, 2.24) is 9.80 Å². The largest absolute Gasteiger partial charge is 0.336 e. The summed E-state index contributed by atoms with van der Waals surface area (Å²) in [4.78, 5) is 17.3. The van der Waals surface area contributed by atoms with Crippen LogP contribution in [0.2, 0.25) is 10.0 Å². The molecule has 1 amide bonds. The lowest BCUT2D eigenvalue weighted by molar-refractivity contribution is -0.132. The fourth-order valence-corrected chi connectivity index (χ4v) is 4.69. The molecule has 0 N–H and O–H groups in total. The first-order chi connectivity index (χ1) is 11.1. The highest BCUT2D eigenvalue weighted by atomic mass is 35.5. The summed E-state index contributed by atoms with van der Waals surface area (Å²) in [5, 5.41) is 1.05. The summed E-state index contributed by atoms with van der Waals surface area (Å²) in [6.07, 6.45) is 2.98. The van der Waals surface area contributed by atoms with Crippen LogP contribution < -0.4 is 0 Å². The Bertz CT molecular complexity index is 567. The normalized spacial score (nSPS) is 21.6. The quantitative estimate of drug-likeness (QED) is 0.751. The molecular weight excluding hydrogens is 387 g/mol. The van der Waals surface area contributed by atoms with Gasteiger partial charge >= 0.3 is 0 Å². The maximum atomic E-state index is 12.8. The fourth-order valence-electron chi connectivity index (χ4n) is 3.32. The van der Waals surface area contributed by atoms with Crippen LogP contribution in [0.25, 0.3) is 0 Å². The number of hydrogen-bond donors (Lipinski definition) is 0. The molecule has 0 bridgehead atoms. The van der Waals surface area contributed by atoms with Crippen LogP contribution in [0.5, 0.6) is 0 Å². The molecule has 7 heteroatoms. The summed E-state index contributed by atoms with van der Waals surface area (Å²) in [7, 11) is 0. The highest BCUT2D eigenvalue weighted by Gasteiger charge is 2.29. The van der Waals surface area contributed by atoms with Crippen LogP contribution in [-0.4, -0.2) is 59.4 Å². The van der Waals surface area contributed by atoms with Crippen molar-refractivity contribution < 1.29 is 4.79 Å². The number of halogens is 3. The maximum Gasteiger partial charge on any atom is 0.227 e. The molecule has 0 radical (unpaired) electrons. The third-order valence-corrected chi connectivity index (χ3v) is 6.39. The highest BCUT2D eigenvalue weighted by molar-refractivity contribution is 7.99. The van der Waals surface area contributed by atoms with Gasteiger partial charge in [-0.3, -0.25) is 4.79 Å². The van der Waals surface area contributed by atoms with Crippen molar-refractivity contribution >= 4 is 53.3 Å². The zero-order valence-electron chi connectivity index (χ0n) is 13.5. The summed E-state index contributed by atoms with van der Waals surface area (Å²) in [5.41, 5.74) is 0.933. The van der Waals surface area contributed by atoms with Gasteiger partial charge in [0.25, 0.3) is 0 Å². The van der Waals surface area contributed by atoms with E-state index in [1.807, 2.05) is 17.8 Å². The molecule has 0 spiro atoms. The van der Waals surface area contributed by atoms with Crippen LogP contribution in [0.1, 0.15) is 18.4 Å². The van der Waals surface area contributed by atoms with Gasteiger partial charge in [-0.15, -0.1) is 12.4 Å². The predicted molar refractivity (Wildman–Crippen MR) is 106 cm³/mol. The Hall–Kier alpha value is -0.130. The number of hydrogen-bond acceptors (Lipinski definition) is 3. The summed E-state index contributed by atoms with van der Waals surface area (Å²) >= 11 is 14.0. The molecule has 1 aromatic rings. The van der Waals surface area contributed by atoms with Crippen LogP contribution in [0.4, 0.5) is 0 Å². The van der Waals surface area contributed by atoms with Gasteiger partial charge in [-0.2, -0.15) is 11.8 Å². The van der Waals surface area contributed by atoms with E-state index in [0.29, 0.717) is 22.5 Å². The minimum Gasteiger partial charge on any atom is -0.336 e. The SMILES string of the molecule is Cl.O=C(Cc1ccc(Cl)c(Cl)c1)N1CCSCC1CN1CCCC1. The lowest BCUT2D eigenvalue weighted by atomic mass is 10.1. The molecule has 134 valence electrons. The van der Waals surface area contributed by atoms with Gasteiger partial charge in [0.2, 0.25) is 5.91 Å². The monoisotopic (exact) mass is 408 g/mol. The van der Waals surface area contributed by atoms with Crippen LogP contribution >= 0.6 is 47.4 Å². The van der Waals surface area contributed by atoms with Crippen LogP contribution in [0.3, 0.4) is 0 Å². The highest BCUT2D eigenvalue weighted by Crippen LogP contribution is 2.24. The Morgan fingerprint density at radius 3 is 2.62 bits per heavy atom. The second-order valence-electron chi connectivity index (χ2n) is 6.25. The van der Waals surface area contributed by atoms with Crippen molar-refractivity contribution in [2.75, 3.05) is 37.7 Å². The van der Waals surface area contributed by atoms with Crippen molar-refractivity contribution in [3.05, 3.63) is 33.8 Å². The van der Waals surface area contributed by atoms with Gasteiger partial charge in [-0.25, -0.2) is 0 Å². The topological polar surface area (TPSA) is 23.6 Å². The first-order valence-corrected chi connectivity index (χ1v) is 10.1. The summed E-state index contributed by atoms with van der Waals surface area (Å²) in [5.74, 6) is 2.28. The van der Waals surface area contributed by atoms with E-state index in [0.717, 1.165) is 30.2 Å². The lowest BCUT2D eigenvalue weighted by Crippen LogP contribution is -2.51. The van der Waals surface area contributed by atoms with E-state index in [4.69, 9.17) is 23.2 Å². The van der Waals surface area contributed by atoms with Crippen LogP contribution in [0, 0.1) is 0 Å². The number of likely N-dealkylation sites (tertiary alicyclic amines) is 1. The minimum atomic E-state index is 0. The van der Waals surface area contributed by atoms with Crippen molar-refractivity contribution in [2.45, 2.75) is 25.3 Å². The predicted octanol–water partition coefficient (Wildman–Crippen LogP) is 4.00. The molecule has 0 saturated carbocycles. The number of nitrogens with zero attached hydrogens (tertiary/aromatic N) is 2. The van der Waals surface area contributed by atoms with E-state index in [1.165, 1.54) is 25.9 Å². The van der Waals surface area contributed by atoms with Crippen molar-refractivity contribution in [3.63, 3.8) is 0 Å². The van der Waals surface area contributed by atoms with Gasteiger partial charge in [-0.05, 0) is 43.6 Å². The third-order valence-electron chi connectivity index (χ3n) is 4.55.